The Morgan fingerprint density at radius 3 is 2.17 bits per heavy atom. The molecular weight excluding hydrogens is 218 g/mol. The third-order valence-electron chi connectivity index (χ3n) is 4.60. The van der Waals surface area contributed by atoms with Gasteiger partial charge in [0, 0.05) is 6.04 Å². The molecule has 0 bridgehead atoms. The molecule has 1 saturated carbocycles. The van der Waals surface area contributed by atoms with Gasteiger partial charge in [-0.3, -0.25) is 0 Å². The van der Waals surface area contributed by atoms with E-state index in [9.17, 15) is 0 Å². The Morgan fingerprint density at radius 1 is 0.889 bits per heavy atom. The van der Waals surface area contributed by atoms with Crippen LogP contribution in [0.25, 0.3) is 0 Å². The first-order chi connectivity index (χ1) is 8.83. The second-order valence-corrected chi connectivity index (χ2v) is 6.40. The summed E-state index contributed by atoms with van der Waals surface area (Å²) in [4.78, 5) is 0. The van der Waals surface area contributed by atoms with E-state index in [0.29, 0.717) is 6.04 Å². The first-order valence-corrected chi connectivity index (χ1v) is 8.58. The number of rotatable bonds is 11. The Hall–Kier alpha value is -0.0400. The Kier molecular flexibility index (Phi) is 9.65. The van der Waals surface area contributed by atoms with Crippen molar-refractivity contribution in [2.24, 2.45) is 11.7 Å². The minimum absolute atomic E-state index is 0.487. The molecular formula is C17H35N. The first kappa shape index (κ1) is 16.0. The van der Waals surface area contributed by atoms with Crippen LogP contribution in [0.2, 0.25) is 0 Å². The fourth-order valence-corrected chi connectivity index (χ4v) is 3.26. The maximum Gasteiger partial charge on any atom is 0.00389 e. The summed E-state index contributed by atoms with van der Waals surface area (Å²) in [7, 11) is 0. The molecule has 0 aromatic heterocycles. The highest BCUT2D eigenvalue weighted by atomic mass is 14.6. The monoisotopic (exact) mass is 253 g/mol. The van der Waals surface area contributed by atoms with E-state index in [1.54, 1.807) is 0 Å². The van der Waals surface area contributed by atoms with Gasteiger partial charge in [0.05, 0.1) is 0 Å². The van der Waals surface area contributed by atoms with Gasteiger partial charge in [-0.1, -0.05) is 77.6 Å². The van der Waals surface area contributed by atoms with E-state index in [0.717, 1.165) is 5.92 Å². The van der Waals surface area contributed by atoms with Crippen LogP contribution in [-0.2, 0) is 0 Å². The summed E-state index contributed by atoms with van der Waals surface area (Å²) in [6, 6.07) is 0.487. The van der Waals surface area contributed by atoms with E-state index in [2.05, 4.69) is 6.92 Å². The zero-order valence-electron chi connectivity index (χ0n) is 12.6. The third-order valence-corrected chi connectivity index (χ3v) is 4.60. The van der Waals surface area contributed by atoms with Crippen LogP contribution in [-0.4, -0.2) is 6.04 Å². The van der Waals surface area contributed by atoms with Crippen molar-refractivity contribution in [3.63, 3.8) is 0 Å². The molecule has 0 saturated heterocycles. The first-order valence-electron chi connectivity index (χ1n) is 8.58. The van der Waals surface area contributed by atoms with Gasteiger partial charge in [-0.05, 0) is 25.2 Å². The fourth-order valence-electron chi connectivity index (χ4n) is 3.26. The van der Waals surface area contributed by atoms with Crippen LogP contribution >= 0.6 is 0 Å². The van der Waals surface area contributed by atoms with Gasteiger partial charge < -0.3 is 5.73 Å². The molecule has 108 valence electrons. The van der Waals surface area contributed by atoms with E-state index < -0.39 is 0 Å². The minimum Gasteiger partial charge on any atom is -0.328 e. The van der Waals surface area contributed by atoms with Crippen molar-refractivity contribution >= 4 is 0 Å². The SMILES string of the molecule is CCCCCCCCCC(N)CCC1CCCC1. The quantitative estimate of drug-likeness (QED) is 0.488. The highest BCUT2D eigenvalue weighted by Gasteiger charge is 2.15. The molecule has 1 aliphatic carbocycles. The maximum atomic E-state index is 6.21. The smallest absolute Gasteiger partial charge is 0.00389 e. The summed E-state index contributed by atoms with van der Waals surface area (Å²) in [5.41, 5.74) is 6.21. The lowest BCUT2D eigenvalue weighted by atomic mass is 9.96. The molecule has 1 aliphatic rings. The van der Waals surface area contributed by atoms with E-state index >= 15 is 0 Å². The summed E-state index contributed by atoms with van der Waals surface area (Å²) in [6.07, 6.45) is 19.7. The summed E-state index contributed by atoms with van der Waals surface area (Å²) in [5.74, 6) is 1.02. The van der Waals surface area contributed by atoms with Crippen molar-refractivity contribution < 1.29 is 0 Å². The molecule has 1 atom stereocenters. The molecule has 1 nitrogen and oxygen atoms in total. The van der Waals surface area contributed by atoms with Crippen LogP contribution in [0.5, 0.6) is 0 Å². The molecule has 1 heteroatoms. The van der Waals surface area contributed by atoms with Crippen molar-refractivity contribution in [3.8, 4) is 0 Å². The number of unbranched alkanes of at least 4 members (excludes halogenated alkanes) is 6. The second-order valence-electron chi connectivity index (χ2n) is 6.40. The predicted octanol–water partition coefficient (Wildman–Crippen LogP) is 5.42. The molecule has 0 aromatic carbocycles. The molecule has 1 unspecified atom stereocenters. The van der Waals surface area contributed by atoms with Crippen LogP contribution in [0.1, 0.15) is 96.8 Å². The number of hydrogen-bond donors (Lipinski definition) is 1. The summed E-state index contributed by atoms with van der Waals surface area (Å²) in [6.45, 7) is 2.28. The van der Waals surface area contributed by atoms with E-state index in [-0.39, 0.29) is 0 Å². The highest BCUT2D eigenvalue weighted by Crippen LogP contribution is 2.29. The average Bonchev–Trinajstić information content (AvgIpc) is 2.88. The third kappa shape index (κ3) is 8.13. The van der Waals surface area contributed by atoms with Gasteiger partial charge in [0.2, 0.25) is 0 Å². The van der Waals surface area contributed by atoms with Crippen molar-refractivity contribution in [1.82, 2.24) is 0 Å². The minimum atomic E-state index is 0.487. The van der Waals surface area contributed by atoms with Crippen molar-refractivity contribution in [2.75, 3.05) is 0 Å². The molecule has 1 rings (SSSR count). The number of nitrogens with two attached hydrogens (primary N) is 1. The second kappa shape index (κ2) is 10.8. The van der Waals surface area contributed by atoms with Crippen LogP contribution in [0.4, 0.5) is 0 Å². The van der Waals surface area contributed by atoms with Gasteiger partial charge in [0.25, 0.3) is 0 Å². The molecule has 0 spiro atoms. The molecule has 0 radical (unpaired) electrons. The van der Waals surface area contributed by atoms with Gasteiger partial charge in [-0.15, -0.1) is 0 Å². The van der Waals surface area contributed by atoms with Crippen LogP contribution in [0, 0.1) is 5.92 Å². The topological polar surface area (TPSA) is 26.0 Å². The lowest BCUT2D eigenvalue weighted by Gasteiger charge is -2.14. The van der Waals surface area contributed by atoms with Gasteiger partial charge in [0.1, 0.15) is 0 Å². The van der Waals surface area contributed by atoms with Crippen molar-refractivity contribution in [2.45, 2.75) is 103 Å². The van der Waals surface area contributed by atoms with Crippen LogP contribution in [0.3, 0.4) is 0 Å². The summed E-state index contributed by atoms with van der Waals surface area (Å²) >= 11 is 0. The van der Waals surface area contributed by atoms with Crippen molar-refractivity contribution in [1.29, 1.82) is 0 Å². The lowest BCUT2D eigenvalue weighted by Crippen LogP contribution is -2.20. The van der Waals surface area contributed by atoms with E-state index in [4.69, 9.17) is 5.73 Å². The Bertz CT molecular complexity index is 172. The molecule has 2 N–H and O–H groups in total. The standard InChI is InChI=1S/C17H35N/c1-2-3-4-5-6-7-8-13-17(18)15-14-16-11-9-10-12-16/h16-17H,2-15,18H2,1H3. The Balaban J connectivity index is 1.82. The van der Waals surface area contributed by atoms with Crippen LogP contribution in [0.15, 0.2) is 0 Å². The van der Waals surface area contributed by atoms with Gasteiger partial charge in [-0.25, -0.2) is 0 Å². The molecule has 18 heavy (non-hydrogen) atoms. The Labute approximate surface area is 115 Å². The van der Waals surface area contributed by atoms with E-state index in [1.165, 1.54) is 89.9 Å². The maximum absolute atomic E-state index is 6.21. The molecule has 0 amide bonds. The van der Waals surface area contributed by atoms with Crippen molar-refractivity contribution in [3.05, 3.63) is 0 Å². The number of hydrogen-bond acceptors (Lipinski definition) is 1. The highest BCUT2D eigenvalue weighted by molar-refractivity contribution is 4.70. The zero-order chi connectivity index (χ0) is 13.1. The average molecular weight is 253 g/mol. The summed E-state index contributed by atoms with van der Waals surface area (Å²) < 4.78 is 0. The predicted molar refractivity (Wildman–Crippen MR) is 81.8 cm³/mol. The van der Waals surface area contributed by atoms with E-state index in [1.807, 2.05) is 0 Å². The van der Waals surface area contributed by atoms with Gasteiger partial charge >= 0.3 is 0 Å². The Morgan fingerprint density at radius 2 is 1.50 bits per heavy atom. The molecule has 0 aliphatic heterocycles. The van der Waals surface area contributed by atoms with Gasteiger partial charge in [-0.2, -0.15) is 0 Å². The largest absolute Gasteiger partial charge is 0.328 e. The summed E-state index contributed by atoms with van der Waals surface area (Å²) in [5, 5.41) is 0. The van der Waals surface area contributed by atoms with Crippen LogP contribution < -0.4 is 5.73 Å². The normalized spacial score (nSPS) is 18.3. The van der Waals surface area contributed by atoms with Gasteiger partial charge in [0.15, 0.2) is 0 Å². The molecule has 0 aromatic rings. The molecule has 1 fully saturated rings. The molecule has 0 heterocycles. The zero-order valence-corrected chi connectivity index (χ0v) is 12.6. The fraction of sp³-hybridized carbons (Fsp3) is 1.00. The lowest BCUT2D eigenvalue weighted by molar-refractivity contribution is 0.427.